The number of hydrogen-bond acceptors (Lipinski definition) is 2. The summed E-state index contributed by atoms with van der Waals surface area (Å²) < 4.78 is 11.2. The Kier molecular flexibility index (Phi) is 3.26. The van der Waals surface area contributed by atoms with E-state index in [1.165, 1.54) is 5.56 Å². The van der Waals surface area contributed by atoms with Crippen molar-refractivity contribution in [2.75, 3.05) is 6.61 Å². The van der Waals surface area contributed by atoms with Gasteiger partial charge in [0, 0.05) is 5.33 Å². The zero-order valence-electron chi connectivity index (χ0n) is 8.07. The molecular formula is C10H12BBrO2. The molecule has 14 heavy (non-hydrogen) atoms. The van der Waals surface area contributed by atoms with E-state index >= 15 is 0 Å². The molecule has 1 aromatic carbocycles. The topological polar surface area (TPSA) is 18.5 Å². The van der Waals surface area contributed by atoms with Crippen LogP contribution >= 0.6 is 15.9 Å². The van der Waals surface area contributed by atoms with Gasteiger partial charge in [0.25, 0.3) is 0 Å². The first-order chi connectivity index (χ1) is 6.81. The lowest BCUT2D eigenvalue weighted by Crippen LogP contribution is -2.34. The Labute approximate surface area is 92.9 Å². The van der Waals surface area contributed by atoms with Crippen LogP contribution < -0.4 is 5.46 Å². The second kappa shape index (κ2) is 4.47. The fourth-order valence-corrected chi connectivity index (χ4v) is 2.07. The fourth-order valence-electron chi connectivity index (χ4n) is 1.56. The van der Waals surface area contributed by atoms with Crippen molar-refractivity contribution in [3.8, 4) is 0 Å². The molecule has 0 amide bonds. The highest BCUT2D eigenvalue weighted by Crippen LogP contribution is 2.11. The SMILES string of the molecule is CC1COB(c2ccccc2CBr)O1. The van der Waals surface area contributed by atoms with Crippen molar-refractivity contribution in [3.63, 3.8) is 0 Å². The monoisotopic (exact) mass is 254 g/mol. The molecule has 1 saturated heterocycles. The fraction of sp³-hybridized carbons (Fsp3) is 0.400. The highest BCUT2D eigenvalue weighted by Gasteiger charge is 2.31. The molecule has 0 aromatic heterocycles. The van der Waals surface area contributed by atoms with Gasteiger partial charge in [0.1, 0.15) is 0 Å². The van der Waals surface area contributed by atoms with Crippen molar-refractivity contribution in [1.82, 2.24) is 0 Å². The quantitative estimate of drug-likeness (QED) is 0.591. The Morgan fingerprint density at radius 3 is 2.93 bits per heavy atom. The Balaban J connectivity index is 2.22. The number of rotatable bonds is 2. The summed E-state index contributed by atoms with van der Waals surface area (Å²) in [5.41, 5.74) is 2.36. The Morgan fingerprint density at radius 2 is 2.29 bits per heavy atom. The summed E-state index contributed by atoms with van der Waals surface area (Å²) in [4.78, 5) is 0. The lowest BCUT2D eigenvalue weighted by molar-refractivity contribution is 0.258. The molecule has 1 aromatic rings. The Bertz CT molecular complexity index is 319. The van der Waals surface area contributed by atoms with Crippen molar-refractivity contribution < 1.29 is 9.31 Å². The van der Waals surface area contributed by atoms with Gasteiger partial charge in [0.15, 0.2) is 0 Å². The molecule has 1 aliphatic rings. The normalized spacial score (nSPS) is 21.6. The summed E-state index contributed by atoms with van der Waals surface area (Å²) in [7, 11) is -0.182. The number of hydrogen-bond donors (Lipinski definition) is 0. The smallest absolute Gasteiger partial charge is 0.405 e. The summed E-state index contributed by atoms with van der Waals surface area (Å²) in [6.45, 7) is 2.71. The molecule has 1 unspecified atom stereocenters. The third kappa shape index (κ3) is 2.02. The van der Waals surface area contributed by atoms with Crippen LogP contribution in [0.25, 0.3) is 0 Å². The Hall–Kier alpha value is -0.315. The molecular weight excluding hydrogens is 243 g/mol. The van der Waals surface area contributed by atoms with Gasteiger partial charge in [-0.3, -0.25) is 0 Å². The van der Waals surface area contributed by atoms with E-state index in [0.717, 1.165) is 10.8 Å². The van der Waals surface area contributed by atoms with Crippen molar-refractivity contribution >= 4 is 28.5 Å². The minimum absolute atomic E-state index is 0.182. The summed E-state index contributed by atoms with van der Waals surface area (Å²) in [6, 6.07) is 8.18. The average molecular weight is 255 g/mol. The zero-order chi connectivity index (χ0) is 9.97. The van der Waals surface area contributed by atoms with Crippen molar-refractivity contribution in [2.45, 2.75) is 18.4 Å². The van der Waals surface area contributed by atoms with Gasteiger partial charge in [-0.15, -0.1) is 0 Å². The first kappa shape index (κ1) is 10.2. The minimum atomic E-state index is -0.182. The van der Waals surface area contributed by atoms with Crippen LogP contribution in [-0.2, 0) is 14.6 Å². The van der Waals surface area contributed by atoms with E-state index < -0.39 is 0 Å². The van der Waals surface area contributed by atoms with Crippen LogP contribution in [0.5, 0.6) is 0 Å². The Morgan fingerprint density at radius 1 is 1.50 bits per heavy atom. The molecule has 74 valence electrons. The molecule has 0 spiro atoms. The molecule has 1 fully saturated rings. The number of benzene rings is 1. The average Bonchev–Trinajstić information content (AvgIpc) is 2.65. The molecule has 2 nitrogen and oxygen atoms in total. The van der Waals surface area contributed by atoms with Crippen molar-refractivity contribution in [1.29, 1.82) is 0 Å². The third-order valence-corrected chi connectivity index (χ3v) is 2.90. The molecule has 4 heteroatoms. The maximum Gasteiger partial charge on any atom is 0.494 e. The summed E-state index contributed by atoms with van der Waals surface area (Å²) in [6.07, 6.45) is 0.198. The molecule has 1 heterocycles. The summed E-state index contributed by atoms with van der Waals surface area (Å²) in [5, 5.41) is 0.834. The molecule has 0 saturated carbocycles. The predicted octanol–water partition coefficient (Wildman–Crippen LogP) is 1.71. The lowest BCUT2D eigenvalue weighted by atomic mass is 9.76. The van der Waals surface area contributed by atoms with Crippen LogP contribution in [0.3, 0.4) is 0 Å². The lowest BCUT2D eigenvalue weighted by Gasteiger charge is -2.09. The highest BCUT2D eigenvalue weighted by atomic mass is 79.9. The molecule has 0 aliphatic carbocycles. The van der Waals surface area contributed by atoms with Gasteiger partial charge in [0.05, 0.1) is 12.7 Å². The number of alkyl halides is 1. The predicted molar refractivity (Wildman–Crippen MR) is 61.0 cm³/mol. The molecule has 0 radical (unpaired) electrons. The van der Waals surface area contributed by atoms with E-state index in [1.807, 2.05) is 19.1 Å². The molecule has 0 bridgehead atoms. The maximum absolute atomic E-state index is 5.65. The van der Waals surface area contributed by atoms with Gasteiger partial charge in [0.2, 0.25) is 0 Å². The molecule has 1 aliphatic heterocycles. The van der Waals surface area contributed by atoms with Crippen molar-refractivity contribution in [3.05, 3.63) is 29.8 Å². The van der Waals surface area contributed by atoms with Gasteiger partial charge in [-0.25, -0.2) is 0 Å². The molecule has 1 atom stereocenters. The van der Waals surface area contributed by atoms with Gasteiger partial charge in [-0.05, 0) is 17.9 Å². The van der Waals surface area contributed by atoms with E-state index in [2.05, 4.69) is 28.1 Å². The van der Waals surface area contributed by atoms with E-state index in [4.69, 9.17) is 9.31 Å². The van der Waals surface area contributed by atoms with Crippen LogP contribution in [0.4, 0.5) is 0 Å². The van der Waals surface area contributed by atoms with Gasteiger partial charge < -0.3 is 9.31 Å². The van der Waals surface area contributed by atoms with Crippen LogP contribution in [0.1, 0.15) is 12.5 Å². The highest BCUT2D eigenvalue weighted by molar-refractivity contribution is 9.08. The van der Waals surface area contributed by atoms with Crippen LogP contribution in [-0.4, -0.2) is 19.8 Å². The summed E-state index contributed by atoms with van der Waals surface area (Å²) >= 11 is 3.46. The zero-order valence-corrected chi connectivity index (χ0v) is 9.66. The minimum Gasteiger partial charge on any atom is -0.405 e. The molecule has 0 N–H and O–H groups in total. The van der Waals surface area contributed by atoms with E-state index in [9.17, 15) is 0 Å². The second-order valence-electron chi connectivity index (χ2n) is 3.44. The van der Waals surface area contributed by atoms with E-state index in [1.54, 1.807) is 0 Å². The van der Waals surface area contributed by atoms with Crippen LogP contribution in [0.15, 0.2) is 24.3 Å². The first-order valence-corrected chi connectivity index (χ1v) is 5.84. The standard InChI is InChI=1S/C10H12BBrO2/c1-8-7-13-11(14-8)10-5-3-2-4-9(10)6-12/h2-5,8H,6-7H2,1H3. The first-order valence-electron chi connectivity index (χ1n) is 4.72. The van der Waals surface area contributed by atoms with Crippen molar-refractivity contribution in [2.24, 2.45) is 0 Å². The van der Waals surface area contributed by atoms with Crippen LogP contribution in [0.2, 0.25) is 0 Å². The maximum atomic E-state index is 5.65. The third-order valence-electron chi connectivity index (χ3n) is 2.29. The molecule has 2 rings (SSSR count). The van der Waals surface area contributed by atoms with E-state index in [0.29, 0.717) is 6.61 Å². The summed E-state index contributed by atoms with van der Waals surface area (Å²) in [5.74, 6) is 0. The van der Waals surface area contributed by atoms with Gasteiger partial charge in [-0.2, -0.15) is 0 Å². The van der Waals surface area contributed by atoms with Gasteiger partial charge in [-0.1, -0.05) is 40.2 Å². The number of halogens is 1. The largest absolute Gasteiger partial charge is 0.494 e. The van der Waals surface area contributed by atoms with Gasteiger partial charge >= 0.3 is 7.12 Å². The second-order valence-corrected chi connectivity index (χ2v) is 4.01. The van der Waals surface area contributed by atoms with E-state index in [-0.39, 0.29) is 13.2 Å². The van der Waals surface area contributed by atoms with Crippen LogP contribution in [0, 0.1) is 0 Å².